The molecule has 0 unspecified atom stereocenters. The zero-order chi connectivity index (χ0) is 62.5. The summed E-state index contributed by atoms with van der Waals surface area (Å²) in [5.41, 5.74) is 20.3. The molecule has 10 heteroatoms. The summed E-state index contributed by atoms with van der Waals surface area (Å²) in [5, 5.41) is 32.8. The summed E-state index contributed by atoms with van der Waals surface area (Å²) in [5.74, 6) is 0. The summed E-state index contributed by atoms with van der Waals surface area (Å²) in [6.45, 7) is 0. The van der Waals surface area contributed by atoms with E-state index in [-0.39, 0.29) is 0 Å². The minimum atomic E-state index is -1.46. The molecule has 0 aliphatic heterocycles. The van der Waals surface area contributed by atoms with Gasteiger partial charge in [-0.05, 0) is 162 Å². The van der Waals surface area contributed by atoms with E-state index < -0.39 is 7.12 Å². The Morgan fingerprint density at radius 1 is 0.255 bits per heavy atom. The molecule has 0 atom stereocenters. The maximum absolute atomic E-state index is 9.43. The third kappa shape index (κ3) is 8.90. The number of para-hydroxylation sites is 8. The number of hydrogen-bond acceptors (Lipinski definition) is 4. The van der Waals surface area contributed by atoms with Crippen molar-refractivity contribution in [3.8, 4) is 33.9 Å². The molecule has 20 rings (SSSR count). The molecule has 8 nitrogen and oxygen atoms in total. The molecule has 0 aliphatic carbocycles. The van der Waals surface area contributed by atoms with Crippen molar-refractivity contribution >= 4 is 160 Å². The standard InChI is InChI=1S/C42H26N2O.C24H14BrNO.C18H14BNO2/c1-3-11-29(12-4-1)43-36-17-9-7-15-31(36)34-25-27(19-22-37(34)43)28-20-23-38-35(26-28)41-39(44(38)30-13-5-2-6-14-30)24-21-33-32-16-8-10-18-40(32)45-42(33)41;25-15-10-12-20-19(14-15)23-21(26(20)16-6-2-1-3-7-16)13-11-18-17-8-4-5-9-22(17)27-24(18)23;21-19(22)13-10-11-18-16(12-13)15-8-4-5-9-17(15)20(18)14-6-2-1-3-7-14/h1-26H;1-14H;1-12,21-22H. The van der Waals surface area contributed by atoms with Gasteiger partial charge in [0.2, 0.25) is 0 Å². The van der Waals surface area contributed by atoms with E-state index in [0.29, 0.717) is 5.46 Å². The first-order valence-electron chi connectivity index (χ1n) is 31.5. The van der Waals surface area contributed by atoms with Gasteiger partial charge in [0.05, 0.1) is 54.9 Å². The quantitative estimate of drug-likeness (QED) is 0.162. The van der Waals surface area contributed by atoms with Crippen LogP contribution >= 0.6 is 15.9 Å². The number of hydrogen-bond donors (Lipinski definition) is 2. The van der Waals surface area contributed by atoms with Crippen LogP contribution in [0.4, 0.5) is 0 Å². The van der Waals surface area contributed by atoms with Crippen LogP contribution < -0.4 is 5.46 Å². The second-order valence-corrected chi connectivity index (χ2v) is 24.8. The lowest BCUT2D eigenvalue weighted by Gasteiger charge is -2.09. The monoisotopic (exact) mass is 1270 g/mol. The molecule has 0 saturated carbocycles. The van der Waals surface area contributed by atoms with Crippen molar-refractivity contribution in [3.63, 3.8) is 0 Å². The van der Waals surface area contributed by atoms with E-state index >= 15 is 0 Å². The number of benzene rings is 14. The van der Waals surface area contributed by atoms with Crippen LogP contribution in [0.5, 0.6) is 0 Å². The van der Waals surface area contributed by atoms with E-state index in [1.165, 1.54) is 54.9 Å². The Labute approximate surface area is 547 Å². The van der Waals surface area contributed by atoms with Gasteiger partial charge in [0.25, 0.3) is 0 Å². The highest BCUT2D eigenvalue weighted by molar-refractivity contribution is 9.10. The smallest absolute Gasteiger partial charge is 0.455 e. The first-order chi connectivity index (χ1) is 46.4. The van der Waals surface area contributed by atoms with Crippen LogP contribution in [-0.2, 0) is 0 Å². The maximum Gasteiger partial charge on any atom is 0.488 e. The fraction of sp³-hybridized carbons (Fsp3) is 0. The molecule has 0 saturated heterocycles. The second kappa shape index (κ2) is 22.3. The number of rotatable bonds is 6. The van der Waals surface area contributed by atoms with Crippen molar-refractivity contribution in [3.05, 3.63) is 320 Å². The Hall–Kier alpha value is -11.7. The zero-order valence-electron chi connectivity index (χ0n) is 50.5. The summed E-state index contributed by atoms with van der Waals surface area (Å²) >= 11 is 3.64. The third-order valence-electron chi connectivity index (χ3n) is 18.6. The molecule has 0 spiro atoms. The molecule has 0 aliphatic rings. The van der Waals surface area contributed by atoms with Gasteiger partial charge in [-0.25, -0.2) is 0 Å². The Morgan fingerprint density at radius 3 is 1.04 bits per heavy atom. The minimum absolute atomic E-state index is 0.503. The number of aromatic nitrogens is 4. The fourth-order valence-electron chi connectivity index (χ4n) is 14.4. The van der Waals surface area contributed by atoms with Gasteiger partial charge < -0.3 is 37.2 Å². The average molecular weight is 1270 g/mol. The Balaban J connectivity index is 0.000000113. The third-order valence-corrected chi connectivity index (χ3v) is 19.1. The van der Waals surface area contributed by atoms with Crippen LogP contribution in [0.25, 0.3) is 165 Å². The van der Waals surface area contributed by atoms with E-state index in [2.05, 4.69) is 277 Å². The normalized spacial score (nSPS) is 11.8. The number of halogens is 1. The summed E-state index contributed by atoms with van der Waals surface area (Å²) in [6, 6.07) is 110. The largest absolute Gasteiger partial charge is 0.488 e. The molecular weight excluding hydrogens is 1220 g/mol. The van der Waals surface area contributed by atoms with Gasteiger partial charge in [0.1, 0.15) is 22.3 Å². The van der Waals surface area contributed by atoms with Crippen LogP contribution in [0.3, 0.4) is 0 Å². The van der Waals surface area contributed by atoms with E-state index in [1.807, 2.05) is 66.7 Å². The highest BCUT2D eigenvalue weighted by Gasteiger charge is 2.23. The molecule has 2 N–H and O–H groups in total. The first-order valence-corrected chi connectivity index (χ1v) is 32.3. The van der Waals surface area contributed by atoms with Crippen molar-refractivity contribution in [1.82, 2.24) is 18.3 Å². The van der Waals surface area contributed by atoms with Gasteiger partial charge in [-0.15, -0.1) is 0 Å². The van der Waals surface area contributed by atoms with Crippen LogP contribution in [0.15, 0.2) is 329 Å². The Bertz CT molecular complexity index is 6340. The number of fused-ring (bicyclic) bond motifs is 20. The molecular formula is C84H54BBrN4O4. The minimum Gasteiger partial charge on any atom is -0.455 e. The van der Waals surface area contributed by atoms with Crippen LogP contribution in [0.2, 0.25) is 0 Å². The predicted octanol–water partition coefficient (Wildman–Crippen LogP) is 21.4. The molecule has 0 amide bonds. The van der Waals surface area contributed by atoms with E-state index in [4.69, 9.17) is 8.83 Å². The number of nitrogens with zero attached hydrogens (tertiary/aromatic N) is 4. The van der Waals surface area contributed by atoms with Crippen LogP contribution in [0.1, 0.15) is 0 Å². The molecule has 14 aromatic carbocycles. The summed E-state index contributed by atoms with van der Waals surface area (Å²) in [6.07, 6.45) is 0. The molecule has 0 bridgehead atoms. The molecule has 0 radical (unpaired) electrons. The van der Waals surface area contributed by atoms with Gasteiger partial charge in [0.15, 0.2) is 0 Å². The van der Waals surface area contributed by atoms with Crippen molar-refractivity contribution in [2.75, 3.05) is 0 Å². The van der Waals surface area contributed by atoms with Crippen LogP contribution in [-0.4, -0.2) is 35.4 Å². The Morgan fingerprint density at radius 2 is 0.585 bits per heavy atom. The average Bonchev–Trinajstić information content (AvgIpc) is 1.58. The molecule has 6 aromatic heterocycles. The van der Waals surface area contributed by atoms with Crippen molar-refractivity contribution in [2.45, 2.75) is 0 Å². The lowest BCUT2D eigenvalue weighted by molar-refractivity contribution is 0.426. The lowest BCUT2D eigenvalue weighted by Crippen LogP contribution is -2.29. The van der Waals surface area contributed by atoms with Gasteiger partial charge in [-0.3, -0.25) is 0 Å². The highest BCUT2D eigenvalue weighted by atomic mass is 79.9. The van der Waals surface area contributed by atoms with Gasteiger partial charge in [0, 0.05) is 81.1 Å². The number of furan rings is 2. The van der Waals surface area contributed by atoms with Crippen molar-refractivity contribution in [1.29, 1.82) is 0 Å². The maximum atomic E-state index is 9.43. The van der Waals surface area contributed by atoms with E-state index in [1.54, 1.807) is 6.07 Å². The predicted molar refractivity (Wildman–Crippen MR) is 394 cm³/mol. The van der Waals surface area contributed by atoms with Crippen LogP contribution in [0, 0.1) is 0 Å². The van der Waals surface area contributed by atoms with Crippen molar-refractivity contribution < 1.29 is 18.9 Å². The summed E-state index contributed by atoms with van der Waals surface area (Å²) in [7, 11) is -1.46. The first kappa shape index (κ1) is 55.2. The molecule has 6 heterocycles. The molecule has 0 fully saturated rings. The summed E-state index contributed by atoms with van der Waals surface area (Å²) < 4.78 is 23.2. The van der Waals surface area contributed by atoms with E-state index in [9.17, 15) is 10.0 Å². The molecule has 20 aromatic rings. The zero-order valence-corrected chi connectivity index (χ0v) is 52.1. The molecule has 444 valence electrons. The highest BCUT2D eigenvalue weighted by Crippen LogP contribution is 2.45. The fourth-order valence-corrected chi connectivity index (χ4v) is 14.8. The van der Waals surface area contributed by atoms with Crippen molar-refractivity contribution in [2.24, 2.45) is 0 Å². The van der Waals surface area contributed by atoms with E-state index in [0.717, 1.165) is 115 Å². The second-order valence-electron chi connectivity index (χ2n) is 23.9. The SMILES string of the molecule is Brc1ccc2c(c1)c1c3oc4ccccc4c3ccc1n2-c1ccccc1.OB(O)c1ccc2c(c1)c1ccccc1n2-c1ccccc1.c1ccc(-n2c3ccccc3c3cc(-c4ccc5c(c4)c4c6oc7ccccc7c6ccc4n5-c4ccccc4)ccc32)cc1. The molecule has 94 heavy (non-hydrogen) atoms. The summed E-state index contributed by atoms with van der Waals surface area (Å²) in [4.78, 5) is 0. The van der Waals surface area contributed by atoms with Gasteiger partial charge >= 0.3 is 7.12 Å². The lowest BCUT2D eigenvalue weighted by atomic mass is 9.80. The Kier molecular flexibility index (Phi) is 13.1. The topological polar surface area (TPSA) is 86.5 Å². The van der Waals surface area contributed by atoms with Gasteiger partial charge in [-0.1, -0.05) is 186 Å². The van der Waals surface area contributed by atoms with Gasteiger partial charge in [-0.2, -0.15) is 0 Å².